The first-order chi connectivity index (χ1) is 17.2. The number of piperazine rings is 1. The van der Waals surface area contributed by atoms with Gasteiger partial charge in [0.25, 0.3) is 5.56 Å². The van der Waals surface area contributed by atoms with Crippen molar-refractivity contribution in [1.29, 1.82) is 0 Å². The number of aromatic nitrogens is 4. The van der Waals surface area contributed by atoms with Crippen molar-refractivity contribution in [1.82, 2.24) is 24.6 Å². The van der Waals surface area contributed by atoms with Gasteiger partial charge in [0.2, 0.25) is 5.95 Å². The van der Waals surface area contributed by atoms with Crippen LogP contribution in [0.15, 0.2) is 35.1 Å². The zero-order chi connectivity index (χ0) is 25.9. The molecule has 0 aliphatic carbocycles. The Hall–Kier alpha value is -4.18. The van der Waals surface area contributed by atoms with E-state index < -0.39 is 30.2 Å². The first-order valence-corrected chi connectivity index (χ1v) is 10.9. The lowest BCUT2D eigenvalue weighted by Crippen LogP contribution is -2.44. The van der Waals surface area contributed by atoms with Crippen molar-refractivity contribution < 1.29 is 27.5 Å². The van der Waals surface area contributed by atoms with Gasteiger partial charge in [-0.05, 0) is 6.92 Å². The van der Waals surface area contributed by atoms with E-state index in [9.17, 15) is 27.6 Å². The van der Waals surface area contributed by atoms with Crippen LogP contribution in [0.3, 0.4) is 0 Å². The molecule has 0 saturated carbocycles. The predicted octanol–water partition coefficient (Wildman–Crippen LogP) is 1.32. The number of esters is 2. The lowest BCUT2D eigenvalue weighted by Gasteiger charge is -2.28. The average Bonchev–Trinajstić information content (AvgIpc) is 3.24. The first-order valence-electron chi connectivity index (χ1n) is 10.9. The summed E-state index contributed by atoms with van der Waals surface area (Å²) in [4.78, 5) is 43.4. The third-order valence-electron chi connectivity index (χ3n) is 5.41. The molecular weight excluding hydrogens is 481 g/mol. The lowest BCUT2D eigenvalue weighted by molar-refractivity contribution is -0.202. The van der Waals surface area contributed by atoms with E-state index in [0.29, 0.717) is 42.4 Å². The van der Waals surface area contributed by atoms with Crippen LogP contribution in [-0.4, -0.2) is 63.6 Å². The third kappa shape index (κ3) is 5.08. The molecule has 0 bridgehead atoms. The minimum Gasteiger partial charge on any atom is -0.385 e. The second-order valence-electron chi connectivity index (χ2n) is 7.80. The number of halogens is 3. The molecule has 1 aliphatic heterocycles. The molecule has 0 unspecified atom stereocenters. The van der Waals surface area contributed by atoms with Gasteiger partial charge in [-0.3, -0.25) is 9.36 Å². The van der Waals surface area contributed by atoms with Gasteiger partial charge in [0, 0.05) is 31.7 Å². The zero-order valence-electron chi connectivity index (χ0n) is 19.1. The fraction of sp³-hybridized carbons (Fsp3) is 0.348. The van der Waals surface area contributed by atoms with Gasteiger partial charge in [0.1, 0.15) is 23.3 Å². The molecule has 0 radical (unpaired) electrons. The molecule has 13 heteroatoms. The van der Waals surface area contributed by atoms with Crippen LogP contribution < -0.4 is 15.8 Å². The summed E-state index contributed by atoms with van der Waals surface area (Å²) < 4.78 is 43.7. The number of ether oxygens (including phenoxy) is 1. The van der Waals surface area contributed by atoms with Crippen LogP contribution in [0.5, 0.6) is 0 Å². The number of benzene rings is 1. The maximum absolute atomic E-state index is 13.5. The summed E-state index contributed by atoms with van der Waals surface area (Å²) in [5.74, 6) is 1.92. The molecule has 0 amide bonds. The fourth-order valence-corrected chi connectivity index (χ4v) is 3.79. The maximum atomic E-state index is 13.5. The molecule has 1 aliphatic rings. The van der Waals surface area contributed by atoms with E-state index in [1.165, 1.54) is 0 Å². The summed E-state index contributed by atoms with van der Waals surface area (Å²) in [6, 6.07) is 8.70. The normalized spacial score (nSPS) is 13.8. The minimum absolute atomic E-state index is 0.0788. The molecule has 10 nitrogen and oxygen atoms in total. The quantitative estimate of drug-likeness (QED) is 0.316. The molecule has 1 saturated heterocycles. The van der Waals surface area contributed by atoms with Crippen molar-refractivity contribution in [2.45, 2.75) is 26.2 Å². The van der Waals surface area contributed by atoms with Gasteiger partial charge >= 0.3 is 18.1 Å². The van der Waals surface area contributed by atoms with Crippen molar-refractivity contribution in [3.63, 3.8) is 0 Å². The molecule has 188 valence electrons. The fourth-order valence-electron chi connectivity index (χ4n) is 3.79. The Kier molecular flexibility index (Phi) is 7.07. The Morgan fingerprint density at radius 2 is 1.86 bits per heavy atom. The van der Waals surface area contributed by atoms with Crippen molar-refractivity contribution in [3.05, 3.63) is 40.7 Å². The number of carbonyl (C=O) groups is 2. The Morgan fingerprint density at radius 1 is 1.17 bits per heavy atom. The summed E-state index contributed by atoms with van der Waals surface area (Å²) >= 11 is 0. The third-order valence-corrected chi connectivity index (χ3v) is 5.41. The summed E-state index contributed by atoms with van der Waals surface area (Å²) in [6.45, 7) is 3.40. The standard InChI is InChI=1S/C23H21F3N6O4/c1-2-3-11-31-19-18(28-22(31)30-12-9-27-10-13-30)17(15-7-5-4-6-8-15)29-32(20(19)34)14-16(33)36-21(35)23(24,25)26/h4-8,27H,9-14H2,1H3. The number of nitrogens with zero attached hydrogens (tertiary/aromatic N) is 5. The van der Waals surface area contributed by atoms with E-state index in [1.807, 2.05) is 4.90 Å². The van der Waals surface area contributed by atoms with Crippen molar-refractivity contribution in [2.75, 3.05) is 31.1 Å². The summed E-state index contributed by atoms with van der Waals surface area (Å²) in [5, 5.41) is 7.47. The molecule has 3 aromatic rings. The molecular formula is C23H21F3N6O4. The van der Waals surface area contributed by atoms with E-state index in [2.05, 4.69) is 27.0 Å². The molecule has 36 heavy (non-hydrogen) atoms. The number of rotatable bonds is 5. The zero-order valence-corrected chi connectivity index (χ0v) is 19.1. The topological polar surface area (TPSA) is 111 Å². The second-order valence-corrected chi connectivity index (χ2v) is 7.80. The van der Waals surface area contributed by atoms with Crippen LogP contribution in [0, 0.1) is 11.8 Å². The van der Waals surface area contributed by atoms with Gasteiger partial charge in [-0.1, -0.05) is 36.3 Å². The van der Waals surface area contributed by atoms with Crippen molar-refractivity contribution in [2.24, 2.45) is 0 Å². The lowest BCUT2D eigenvalue weighted by atomic mass is 10.1. The highest BCUT2D eigenvalue weighted by molar-refractivity contribution is 5.91. The number of imidazole rings is 1. The number of nitrogens with one attached hydrogen (secondary N) is 1. The molecule has 0 spiro atoms. The average molecular weight is 502 g/mol. The van der Waals surface area contributed by atoms with Crippen molar-refractivity contribution in [3.8, 4) is 23.1 Å². The smallest absolute Gasteiger partial charge is 0.385 e. The largest absolute Gasteiger partial charge is 0.491 e. The van der Waals surface area contributed by atoms with Crippen LogP contribution in [-0.2, 0) is 27.4 Å². The molecule has 3 heterocycles. The van der Waals surface area contributed by atoms with E-state index in [1.54, 1.807) is 41.8 Å². The van der Waals surface area contributed by atoms with Crippen LogP contribution in [0.1, 0.15) is 6.92 Å². The number of hydrogen-bond acceptors (Lipinski definition) is 8. The van der Waals surface area contributed by atoms with E-state index in [-0.39, 0.29) is 23.3 Å². The molecule has 2 aromatic heterocycles. The SMILES string of the molecule is CC#CCn1c(N2CCNCC2)nc2c(-c3ccccc3)nn(CC(=O)OC(=O)C(F)(F)F)c(=O)c21. The number of alkyl halides is 3. The van der Waals surface area contributed by atoms with E-state index >= 15 is 0 Å². The Bertz CT molecular complexity index is 1410. The maximum Gasteiger partial charge on any atom is 0.491 e. The van der Waals surface area contributed by atoms with E-state index in [0.717, 1.165) is 0 Å². The van der Waals surface area contributed by atoms with Crippen LogP contribution >= 0.6 is 0 Å². The van der Waals surface area contributed by atoms with Gasteiger partial charge in [0.15, 0.2) is 0 Å². The van der Waals surface area contributed by atoms with E-state index in [4.69, 9.17) is 4.98 Å². The van der Waals surface area contributed by atoms with Crippen molar-refractivity contribution >= 4 is 28.9 Å². The Labute approximate surface area is 202 Å². The number of carbonyl (C=O) groups excluding carboxylic acids is 2. The Balaban J connectivity index is 1.90. The highest BCUT2D eigenvalue weighted by Crippen LogP contribution is 2.28. The molecule has 4 rings (SSSR count). The van der Waals surface area contributed by atoms with Crippen LogP contribution in [0.2, 0.25) is 0 Å². The molecule has 1 N–H and O–H groups in total. The number of fused-ring (bicyclic) bond motifs is 1. The Morgan fingerprint density at radius 3 is 2.50 bits per heavy atom. The second kappa shape index (κ2) is 10.2. The summed E-state index contributed by atoms with van der Waals surface area (Å²) in [5.41, 5.74) is 0.352. The molecule has 1 fully saturated rings. The summed E-state index contributed by atoms with van der Waals surface area (Å²) in [6.07, 6.45) is -5.36. The molecule has 1 aromatic carbocycles. The number of hydrogen-bond donors (Lipinski definition) is 1. The van der Waals surface area contributed by atoms with Gasteiger partial charge in [-0.25, -0.2) is 19.3 Å². The monoisotopic (exact) mass is 502 g/mol. The van der Waals surface area contributed by atoms with Crippen LogP contribution in [0.4, 0.5) is 19.1 Å². The van der Waals surface area contributed by atoms with Gasteiger partial charge in [-0.15, -0.1) is 5.92 Å². The van der Waals surface area contributed by atoms with Gasteiger partial charge in [-0.2, -0.15) is 18.3 Å². The first kappa shape index (κ1) is 24.9. The number of anilines is 1. The van der Waals surface area contributed by atoms with Gasteiger partial charge in [0.05, 0.1) is 6.54 Å². The minimum atomic E-state index is -5.36. The highest BCUT2D eigenvalue weighted by Gasteiger charge is 2.42. The molecule has 0 atom stereocenters. The van der Waals surface area contributed by atoms with Gasteiger partial charge < -0.3 is 15.0 Å². The van der Waals surface area contributed by atoms with Crippen LogP contribution in [0.25, 0.3) is 22.3 Å². The predicted molar refractivity (Wildman–Crippen MR) is 123 cm³/mol. The highest BCUT2D eigenvalue weighted by atomic mass is 19.4. The summed E-state index contributed by atoms with van der Waals surface area (Å²) in [7, 11) is 0.